The molecule has 3 heteroatoms. The monoisotopic (exact) mass is 237 g/mol. The highest BCUT2D eigenvalue weighted by Gasteiger charge is 2.23. The van der Waals surface area contributed by atoms with Crippen LogP contribution < -0.4 is 5.32 Å². The zero-order valence-electron chi connectivity index (χ0n) is 12.1. The Morgan fingerprint density at radius 1 is 1.41 bits per heavy atom. The largest absolute Gasteiger partial charge is 0.338 e. The second kappa shape index (κ2) is 5.67. The highest BCUT2D eigenvalue weighted by Crippen LogP contribution is 2.29. The summed E-state index contributed by atoms with van der Waals surface area (Å²) in [5.74, 6) is 1.85. The molecule has 2 atom stereocenters. The molecule has 0 spiro atoms. The maximum atomic E-state index is 4.40. The molecule has 1 N–H and O–H groups in total. The zero-order chi connectivity index (χ0) is 13.1. The zero-order valence-corrected chi connectivity index (χ0v) is 12.1. The van der Waals surface area contributed by atoms with Crippen molar-refractivity contribution in [3.8, 4) is 0 Å². The highest BCUT2D eigenvalue weighted by atomic mass is 15.0. The van der Waals surface area contributed by atoms with Crippen molar-refractivity contribution in [2.45, 2.75) is 46.6 Å². The van der Waals surface area contributed by atoms with Gasteiger partial charge in [0.15, 0.2) is 0 Å². The summed E-state index contributed by atoms with van der Waals surface area (Å²) in [4.78, 5) is 4.40. The van der Waals surface area contributed by atoms with Crippen molar-refractivity contribution in [2.75, 3.05) is 7.05 Å². The van der Waals surface area contributed by atoms with E-state index >= 15 is 0 Å². The summed E-state index contributed by atoms with van der Waals surface area (Å²) in [5, 5.41) is 3.42. The summed E-state index contributed by atoms with van der Waals surface area (Å²) < 4.78 is 2.10. The lowest BCUT2D eigenvalue weighted by Crippen LogP contribution is -2.33. The number of hydrogen-bond acceptors (Lipinski definition) is 2. The Labute approximate surface area is 106 Å². The van der Waals surface area contributed by atoms with Crippen molar-refractivity contribution >= 4 is 0 Å². The molecule has 17 heavy (non-hydrogen) atoms. The normalized spacial score (nSPS) is 15.9. The molecule has 1 heterocycles. The van der Waals surface area contributed by atoms with E-state index in [4.69, 9.17) is 0 Å². The molecule has 0 radical (unpaired) electrons. The molecule has 0 aliphatic carbocycles. The highest BCUT2D eigenvalue weighted by molar-refractivity contribution is 4.95. The van der Waals surface area contributed by atoms with E-state index in [1.165, 1.54) is 6.42 Å². The van der Waals surface area contributed by atoms with Crippen LogP contribution in [0.5, 0.6) is 0 Å². The Balaban J connectivity index is 2.58. The maximum absolute atomic E-state index is 4.40. The van der Waals surface area contributed by atoms with Crippen molar-refractivity contribution < 1.29 is 0 Å². The summed E-state index contributed by atoms with van der Waals surface area (Å²) in [5.41, 5.74) is 0.372. The number of nitrogens with zero attached hydrogens (tertiary/aromatic N) is 2. The molecule has 1 rings (SSSR count). The number of aryl methyl sites for hydroxylation is 1. The molecule has 0 saturated carbocycles. The fourth-order valence-electron chi connectivity index (χ4n) is 1.90. The fourth-order valence-corrected chi connectivity index (χ4v) is 1.90. The summed E-state index contributed by atoms with van der Waals surface area (Å²) in [6.07, 6.45) is 6.07. The van der Waals surface area contributed by atoms with E-state index in [0.717, 1.165) is 12.2 Å². The molecular formula is C14H27N3. The molecule has 1 aromatic rings. The topological polar surface area (TPSA) is 29.9 Å². The minimum Gasteiger partial charge on any atom is -0.338 e. The van der Waals surface area contributed by atoms with Gasteiger partial charge in [-0.15, -0.1) is 0 Å². The molecule has 2 unspecified atom stereocenters. The van der Waals surface area contributed by atoms with E-state index in [9.17, 15) is 0 Å². The molecule has 1 aromatic heterocycles. The third-order valence-corrected chi connectivity index (χ3v) is 3.87. The van der Waals surface area contributed by atoms with Gasteiger partial charge >= 0.3 is 0 Å². The van der Waals surface area contributed by atoms with Gasteiger partial charge in [0, 0.05) is 31.9 Å². The molecular weight excluding hydrogens is 210 g/mol. The van der Waals surface area contributed by atoms with Crippen LogP contribution in [-0.4, -0.2) is 22.6 Å². The van der Waals surface area contributed by atoms with Gasteiger partial charge in [-0.05, 0) is 24.8 Å². The molecule has 0 aliphatic rings. The van der Waals surface area contributed by atoms with Crippen molar-refractivity contribution in [3.05, 3.63) is 18.2 Å². The van der Waals surface area contributed by atoms with Crippen LogP contribution in [0.3, 0.4) is 0 Å². The van der Waals surface area contributed by atoms with Gasteiger partial charge in [-0.2, -0.15) is 0 Å². The van der Waals surface area contributed by atoms with Gasteiger partial charge in [0.2, 0.25) is 0 Å². The number of imidazole rings is 1. The summed E-state index contributed by atoms with van der Waals surface area (Å²) >= 11 is 0. The number of rotatable bonds is 5. The van der Waals surface area contributed by atoms with E-state index in [-0.39, 0.29) is 0 Å². The van der Waals surface area contributed by atoms with E-state index in [2.05, 4.69) is 49.6 Å². The SMILES string of the molecule is CNC(Cc1nccn1C)CC(C)C(C)(C)C. The average Bonchev–Trinajstić information content (AvgIpc) is 2.61. The maximum Gasteiger partial charge on any atom is 0.109 e. The molecule has 0 aromatic carbocycles. The number of likely N-dealkylation sites (N-methyl/N-ethyl adjacent to an activating group) is 1. The smallest absolute Gasteiger partial charge is 0.109 e. The first-order chi connectivity index (χ1) is 7.84. The Morgan fingerprint density at radius 2 is 2.06 bits per heavy atom. The van der Waals surface area contributed by atoms with E-state index in [1.807, 2.05) is 19.4 Å². The lowest BCUT2D eigenvalue weighted by atomic mass is 9.78. The second-order valence-corrected chi connectivity index (χ2v) is 6.15. The van der Waals surface area contributed by atoms with Crippen LogP contribution >= 0.6 is 0 Å². The van der Waals surface area contributed by atoms with Crippen molar-refractivity contribution in [2.24, 2.45) is 18.4 Å². The first kappa shape index (κ1) is 14.2. The third-order valence-electron chi connectivity index (χ3n) is 3.87. The van der Waals surface area contributed by atoms with E-state index in [0.29, 0.717) is 17.4 Å². The van der Waals surface area contributed by atoms with Crippen LogP contribution in [0.2, 0.25) is 0 Å². The first-order valence-corrected chi connectivity index (χ1v) is 6.48. The Kier molecular flexibility index (Phi) is 4.75. The van der Waals surface area contributed by atoms with E-state index in [1.54, 1.807) is 0 Å². The standard InChI is InChI=1S/C14H27N3/c1-11(14(2,3)4)9-12(15-5)10-13-16-7-8-17(13)6/h7-8,11-12,15H,9-10H2,1-6H3. The van der Waals surface area contributed by atoms with E-state index < -0.39 is 0 Å². The average molecular weight is 237 g/mol. The Hall–Kier alpha value is -0.830. The van der Waals surface area contributed by atoms with Gasteiger partial charge in [0.1, 0.15) is 5.82 Å². The van der Waals surface area contributed by atoms with Crippen LogP contribution in [0.25, 0.3) is 0 Å². The molecule has 0 bridgehead atoms. The summed E-state index contributed by atoms with van der Waals surface area (Å²) in [6.45, 7) is 9.27. The lowest BCUT2D eigenvalue weighted by molar-refractivity contribution is 0.224. The van der Waals surface area contributed by atoms with Crippen molar-refractivity contribution in [3.63, 3.8) is 0 Å². The Bertz CT molecular complexity index is 335. The molecule has 3 nitrogen and oxygen atoms in total. The Morgan fingerprint density at radius 3 is 2.47 bits per heavy atom. The minimum atomic E-state index is 0.372. The number of nitrogens with one attached hydrogen (secondary N) is 1. The minimum absolute atomic E-state index is 0.372. The predicted octanol–water partition coefficient (Wildman–Crippen LogP) is 2.62. The fraction of sp³-hybridized carbons (Fsp3) is 0.786. The summed E-state index contributed by atoms with van der Waals surface area (Å²) in [6, 6.07) is 0.505. The van der Waals surface area contributed by atoms with Gasteiger partial charge in [-0.25, -0.2) is 4.98 Å². The van der Waals surface area contributed by atoms with Gasteiger partial charge in [0.25, 0.3) is 0 Å². The molecule has 0 aliphatic heterocycles. The van der Waals surface area contributed by atoms with Crippen LogP contribution in [0.4, 0.5) is 0 Å². The molecule has 0 saturated heterocycles. The van der Waals surface area contributed by atoms with Crippen LogP contribution in [0.15, 0.2) is 12.4 Å². The third kappa shape index (κ3) is 4.15. The summed E-state index contributed by atoms with van der Waals surface area (Å²) in [7, 11) is 4.10. The molecule has 98 valence electrons. The lowest BCUT2D eigenvalue weighted by Gasteiger charge is -2.30. The molecule has 0 fully saturated rings. The quantitative estimate of drug-likeness (QED) is 0.853. The van der Waals surface area contributed by atoms with Gasteiger partial charge in [0.05, 0.1) is 0 Å². The van der Waals surface area contributed by atoms with Gasteiger partial charge in [-0.3, -0.25) is 0 Å². The van der Waals surface area contributed by atoms with Gasteiger partial charge < -0.3 is 9.88 Å². The van der Waals surface area contributed by atoms with Crippen molar-refractivity contribution in [1.82, 2.24) is 14.9 Å². The molecule has 0 amide bonds. The number of hydrogen-bond donors (Lipinski definition) is 1. The number of aromatic nitrogens is 2. The second-order valence-electron chi connectivity index (χ2n) is 6.15. The van der Waals surface area contributed by atoms with Crippen LogP contribution in [-0.2, 0) is 13.5 Å². The van der Waals surface area contributed by atoms with Crippen LogP contribution in [0, 0.1) is 11.3 Å². The first-order valence-electron chi connectivity index (χ1n) is 6.48. The van der Waals surface area contributed by atoms with Crippen molar-refractivity contribution in [1.29, 1.82) is 0 Å². The predicted molar refractivity (Wildman–Crippen MR) is 73.0 cm³/mol. The van der Waals surface area contributed by atoms with Crippen LogP contribution in [0.1, 0.15) is 39.9 Å². The van der Waals surface area contributed by atoms with Gasteiger partial charge in [-0.1, -0.05) is 27.7 Å².